The molecule has 2 aromatic heterocycles. The predicted octanol–water partition coefficient (Wildman–Crippen LogP) is 2.06. The summed E-state index contributed by atoms with van der Waals surface area (Å²) in [7, 11) is 0. The molecule has 0 aliphatic carbocycles. The van der Waals surface area contributed by atoms with Gasteiger partial charge in [-0.3, -0.25) is 0 Å². The topological polar surface area (TPSA) is 46.3 Å². The third-order valence-electron chi connectivity index (χ3n) is 2.22. The second kappa shape index (κ2) is 4.80. The van der Waals surface area contributed by atoms with Crippen LogP contribution in [-0.4, -0.2) is 45.0 Å². The van der Waals surface area contributed by atoms with Crippen LogP contribution in [0.3, 0.4) is 0 Å². The highest BCUT2D eigenvalue weighted by Gasteiger charge is 2.38. The van der Waals surface area contributed by atoms with E-state index in [2.05, 4.69) is 15.1 Å². The first-order valence-corrected chi connectivity index (χ1v) is 5.19. The van der Waals surface area contributed by atoms with Crippen LogP contribution in [0.5, 0.6) is 0 Å². The summed E-state index contributed by atoms with van der Waals surface area (Å²) in [5.74, 6) is -0.473. The van der Waals surface area contributed by atoms with Crippen LogP contribution >= 0.6 is 0 Å². The van der Waals surface area contributed by atoms with E-state index in [1.54, 1.807) is 0 Å². The Morgan fingerprint density at radius 3 is 2.15 bits per heavy atom. The molecule has 110 valence electrons. The molecule has 20 heavy (non-hydrogen) atoms. The Kier molecular flexibility index (Phi) is 3.44. The van der Waals surface area contributed by atoms with Gasteiger partial charge in [-0.15, -0.1) is 0 Å². The molecule has 2 rings (SSSR count). The van der Waals surface area contributed by atoms with Crippen molar-refractivity contribution in [3.05, 3.63) is 18.6 Å². The second-order valence-electron chi connectivity index (χ2n) is 3.86. The Morgan fingerprint density at radius 1 is 1.00 bits per heavy atom. The summed E-state index contributed by atoms with van der Waals surface area (Å²) in [6.45, 7) is -3.52. The van der Waals surface area contributed by atoms with Crippen molar-refractivity contribution in [2.24, 2.45) is 0 Å². The average molecular weight is 299 g/mol. The maximum absolute atomic E-state index is 12.4. The Balaban J connectivity index is 2.42. The fourth-order valence-corrected chi connectivity index (χ4v) is 1.62. The highest BCUT2D eigenvalue weighted by Crippen LogP contribution is 2.26. The summed E-state index contributed by atoms with van der Waals surface area (Å²) in [6.07, 6.45) is -7.52. The molecule has 0 aliphatic heterocycles. The number of halogens is 6. The van der Waals surface area contributed by atoms with Crippen molar-refractivity contribution >= 4 is 11.6 Å². The van der Waals surface area contributed by atoms with Crippen LogP contribution < -0.4 is 4.90 Å². The van der Waals surface area contributed by atoms with Crippen LogP contribution in [0, 0.1) is 0 Å². The lowest BCUT2D eigenvalue weighted by Gasteiger charge is -2.26. The molecule has 0 unspecified atom stereocenters. The number of aromatic nitrogens is 4. The first kappa shape index (κ1) is 14.3. The minimum Gasteiger partial charge on any atom is -0.338 e. The zero-order valence-electron chi connectivity index (χ0n) is 9.65. The van der Waals surface area contributed by atoms with Gasteiger partial charge in [0.25, 0.3) is 5.78 Å². The van der Waals surface area contributed by atoms with E-state index in [0.717, 1.165) is 23.1 Å². The number of nitrogens with zero attached hydrogens (tertiary/aromatic N) is 5. The van der Waals surface area contributed by atoms with Crippen molar-refractivity contribution in [3.8, 4) is 0 Å². The van der Waals surface area contributed by atoms with Gasteiger partial charge in [0, 0.05) is 6.20 Å². The molecule has 5 nitrogen and oxygen atoms in total. The van der Waals surface area contributed by atoms with Gasteiger partial charge in [0.15, 0.2) is 0 Å². The monoisotopic (exact) mass is 299 g/mol. The molecule has 0 radical (unpaired) electrons. The quantitative estimate of drug-likeness (QED) is 0.814. The molecule has 2 aromatic rings. The molecule has 2 heterocycles. The number of fused-ring (bicyclic) bond motifs is 1. The van der Waals surface area contributed by atoms with Crippen LogP contribution in [0.1, 0.15) is 0 Å². The number of alkyl halides is 6. The first-order valence-electron chi connectivity index (χ1n) is 5.19. The maximum Gasteiger partial charge on any atom is 0.405 e. The normalized spacial score (nSPS) is 12.9. The zero-order chi connectivity index (χ0) is 15.0. The van der Waals surface area contributed by atoms with Crippen LogP contribution in [0.2, 0.25) is 0 Å². The number of hydrogen-bond donors (Lipinski definition) is 0. The maximum atomic E-state index is 12.4. The van der Waals surface area contributed by atoms with E-state index in [1.165, 1.54) is 0 Å². The molecule has 0 aromatic carbocycles. The fraction of sp³-hybridized carbons (Fsp3) is 0.444. The van der Waals surface area contributed by atoms with Crippen LogP contribution in [0.25, 0.3) is 5.78 Å². The van der Waals surface area contributed by atoms with Crippen molar-refractivity contribution in [1.82, 2.24) is 19.6 Å². The summed E-state index contributed by atoms with van der Waals surface area (Å²) >= 11 is 0. The van der Waals surface area contributed by atoms with Gasteiger partial charge in [0.1, 0.15) is 25.2 Å². The summed E-state index contributed by atoms with van der Waals surface area (Å²) < 4.78 is 75.4. The molecule has 0 bridgehead atoms. The summed E-state index contributed by atoms with van der Waals surface area (Å²) in [5, 5.41) is 3.57. The van der Waals surface area contributed by atoms with Gasteiger partial charge in [-0.2, -0.15) is 40.9 Å². The highest BCUT2D eigenvalue weighted by atomic mass is 19.4. The minimum absolute atomic E-state index is 0.0863. The Hall–Kier alpha value is -2.07. The van der Waals surface area contributed by atoms with Gasteiger partial charge < -0.3 is 4.90 Å². The molecule has 0 saturated heterocycles. The van der Waals surface area contributed by atoms with E-state index in [0.29, 0.717) is 0 Å². The molecule has 0 spiro atoms. The third-order valence-corrected chi connectivity index (χ3v) is 2.22. The summed E-state index contributed by atoms with van der Waals surface area (Å²) in [4.78, 5) is 7.41. The standard InChI is InChI=1S/C9H7F6N5/c10-8(11,12)3-19(4-9(13,14)15)6-1-2-16-7-17-5-18-20(6)7/h1-2,5H,3-4H2. The fourth-order valence-electron chi connectivity index (χ4n) is 1.62. The molecular formula is C9H7F6N5. The smallest absolute Gasteiger partial charge is 0.338 e. The predicted molar refractivity (Wildman–Crippen MR) is 55.1 cm³/mol. The van der Waals surface area contributed by atoms with E-state index in [-0.39, 0.29) is 16.5 Å². The molecule has 0 atom stereocenters. The lowest BCUT2D eigenvalue weighted by Crippen LogP contribution is -2.41. The number of anilines is 1. The van der Waals surface area contributed by atoms with Crippen molar-refractivity contribution < 1.29 is 26.3 Å². The number of rotatable bonds is 3. The molecule has 11 heteroatoms. The molecule has 0 aliphatic rings. The Bertz CT molecular complexity index is 572. The molecular weight excluding hydrogens is 292 g/mol. The lowest BCUT2D eigenvalue weighted by molar-refractivity contribution is -0.137. The van der Waals surface area contributed by atoms with Crippen molar-refractivity contribution in [2.45, 2.75) is 12.4 Å². The van der Waals surface area contributed by atoms with Crippen molar-refractivity contribution in [3.63, 3.8) is 0 Å². The van der Waals surface area contributed by atoms with E-state index in [1.807, 2.05) is 0 Å². The van der Waals surface area contributed by atoms with Crippen LogP contribution in [0.4, 0.5) is 32.2 Å². The van der Waals surface area contributed by atoms with E-state index in [4.69, 9.17) is 0 Å². The van der Waals surface area contributed by atoms with Crippen molar-refractivity contribution in [2.75, 3.05) is 18.0 Å². The third kappa shape index (κ3) is 3.48. The van der Waals surface area contributed by atoms with Gasteiger partial charge in [-0.05, 0) is 6.07 Å². The Morgan fingerprint density at radius 2 is 1.60 bits per heavy atom. The van der Waals surface area contributed by atoms with Gasteiger partial charge in [-0.25, -0.2) is 4.98 Å². The molecule has 0 fully saturated rings. The van der Waals surface area contributed by atoms with Gasteiger partial charge in [-0.1, -0.05) is 0 Å². The first-order chi connectivity index (χ1) is 9.16. The van der Waals surface area contributed by atoms with Gasteiger partial charge in [0.05, 0.1) is 0 Å². The highest BCUT2D eigenvalue weighted by molar-refractivity contribution is 5.45. The van der Waals surface area contributed by atoms with Crippen molar-refractivity contribution in [1.29, 1.82) is 0 Å². The van der Waals surface area contributed by atoms with E-state index >= 15 is 0 Å². The van der Waals surface area contributed by atoms with Gasteiger partial charge >= 0.3 is 12.4 Å². The van der Waals surface area contributed by atoms with E-state index < -0.39 is 25.4 Å². The summed E-state index contributed by atoms with van der Waals surface area (Å²) in [6, 6.07) is 1.01. The molecule has 0 saturated carbocycles. The van der Waals surface area contributed by atoms with Crippen LogP contribution in [-0.2, 0) is 0 Å². The lowest BCUT2D eigenvalue weighted by atomic mass is 10.4. The molecule has 0 amide bonds. The van der Waals surface area contributed by atoms with Gasteiger partial charge in [0.2, 0.25) is 0 Å². The average Bonchev–Trinajstić information content (AvgIpc) is 2.71. The SMILES string of the molecule is FC(F)(F)CN(CC(F)(F)F)c1ccnc2ncnn12. The summed E-state index contributed by atoms with van der Waals surface area (Å²) in [5.41, 5.74) is 0. The molecule has 0 N–H and O–H groups in total. The Labute approximate surface area is 107 Å². The largest absolute Gasteiger partial charge is 0.405 e. The second-order valence-corrected chi connectivity index (χ2v) is 3.86. The minimum atomic E-state index is -4.79. The zero-order valence-corrected chi connectivity index (χ0v) is 9.65. The number of hydrogen-bond acceptors (Lipinski definition) is 4. The van der Waals surface area contributed by atoms with E-state index in [9.17, 15) is 26.3 Å². The van der Waals surface area contributed by atoms with Crippen LogP contribution in [0.15, 0.2) is 18.6 Å².